The molecule has 0 aliphatic heterocycles. The zero-order valence-corrected chi connectivity index (χ0v) is 9.77. The van der Waals surface area contributed by atoms with Crippen LogP contribution in [0.2, 0.25) is 0 Å². The first kappa shape index (κ1) is 10.9. The van der Waals surface area contributed by atoms with E-state index in [2.05, 4.69) is 30.2 Å². The normalized spacial score (nSPS) is 10.7. The van der Waals surface area contributed by atoms with Crippen molar-refractivity contribution >= 4 is 0 Å². The molecule has 0 aliphatic carbocycles. The molecular formula is C13H17N3. The zero-order valence-electron chi connectivity index (χ0n) is 9.77. The minimum absolute atomic E-state index is 0.588. The topological polar surface area (TPSA) is 43.8 Å². The van der Waals surface area contributed by atoms with Crippen LogP contribution in [0.5, 0.6) is 0 Å². The summed E-state index contributed by atoms with van der Waals surface area (Å²) in [6, 6.07) is 10.4. The second-order valence-corrected chi connectivity index (χ2v) is 4.11. The number of hydrogen-bond donors (Lipinski definition) is 1. The Kier molecular flexibility index (Phi) is 3.06. The molecule has 2 N–H and O–H groups in total. The lowest BCUT2D eigenvalue weighted by atomic mass is 10.1. The van der Waals surface area contributed by atoms with Crippen LogP contribution in [0.4, 0.5) is 0 Å². The average Bonchev–Trinajstić information content (AvgIpc) is 2.58. The van der Waals surface area contributed by atoms with E-state index in [0.717, 1.165) is 12.2 Å². The third-order valence-corrected chi connectivity index (χ3v) is 2.66. The van der Waals surface area contributed by atoms with E-state index in [1.54, 1.807) is 0 Å². The number of rotatable bonds is 3. The Morgan fingerprint density at radius 2 is 1.94 bits per heavy atom. The van der Waals surface area contributed by atoms with Gasteiger partial charge in [0, 0.05) is 12.2 Å². The Morgan fingerprint density at radius 1 is 1.19 bits per heavy atom. The van der Waals surface area contributed by atoms with Gasteiger partial charge in [-0.05, 0) is 31.0 Å². The van der Waals surface area contributed by atoms with Crippen molar-refractivity contribution in [3.63, 3.8) is 0 Å². The second-order valence-electron chi connectivity index (χ2n) is 4.11. The van der Waals surface area contributed by atoms with Crippen LogP contribution in [-0.2, 0) is 13.1 Å². The molecule has 1 heterocycles. The fourth-order valence-electron chi connectivity index (χ4n) is 1.86. The van der Waals surface area contributed by atoms with Gasteiger partial charge in [-0.3, -0.25) is 4.68 Å². The predicted octanol–water partition coefficient (Wildman–Crippen LogP) is 2.01. The fraction of sp³-hybridized carbons (Fsp3) is 0.308. The summed E-state index contributed by atoms with van der Waals surface area (Å²) < 4.78 is 2.02. The van der Waals surface area contributed by atoms with Crippen LogP contribution in [0.3, 0.4) is 0 Å². The molecule has 0 atom stereocenters. The third kappa shape index (κ3) is 2.31. The van der Waals surface area contributed by atoms with Gasteiger partial charge in [0.05, 0.1) is 12.2 Å². The highest BCUT2D eigenvalue weighted by molar-refractivity contribution is 5.24. The van der Waals surface area contributed by atoms with Crippen LogP contribution in [0.1, 0.15) is 22.5 Å². The van der Waals surface area contributed by atoms with Crippen molar-refractivity contribution in [2.75, 3.05) is 0 Å². The van der Waals surface area contributed by atoms with E-state index in [-0.39, 0.29) is 0 Å². The molecule has 3 nitrogen and oxygen atoms in total. The first-order chi connectivity index (χ1) is 7.69. The number of hydrogen-bond acceptors (Lipinski definition) is 2. The van der Waals surface area contributed by atoms with Gasteiger partial charge >= 0.3 is 0 Å². The molecule has 0 spiro atoms. The number of aromatic nitrogens is 2. The van der Waals surface area contributed by atoms with Gasteiger partial charge in [-0.1, -0.05) is 24.3 Å². The zero-order chi connectivity index (χ0) is 11.5. The highest BCUT2D eigenvalue weighted by atomic mass is 15.3. The third-order valence-electron chi connectivity index (χ3n) is 2.66. The van der Waals surface area contributed by atoms with Crippen LogP contribution in [-0.4, -0.2) is 9.78 Å². The lowest BCUT2D eigenvalue weighted by Gasteiger charge is -2.06. The molecule has 2 aromatic rings. The standard InChI is InChI=1S/C13H17N3/c1-10-6-11(2)16(15-10)9-13-5-3-4-12(7-13)8-14/h3-7H,8-9,14H2,1-2H3. The molecule has 84 valence electrons. The summed E-state index contributed by atoms with van der Waals surface area (Å²) in [5, 5.41) is 4.45. The molecule has 1 aromatic carbocycles. The summed E-state index contributed by atoms with van der Waals surface area (Å²) in [7, 11) is 0. The molecule has 0 amide bonds. The van der Waals surface area contributed by atoms with Gasteiger partial charge in [0.25, 0.3) is 0 Å². The van der Waals surface area contributed by atoms with Gasteiger partial charge in [0.1, 0.15) is 0 Å². The minimum atomic E-state index is 0.588. The van der Waals surface area contributed by atoms with Crippen molar-refractivity contribution < 1.29 is 0 Å². The van der Waals surface area contributed by atoms with Crippen LogP contribution in [0.15, 0.2) is 30.3 Å². The summed E-state index contributed by atoms with van der Waals surface area (Å²) in [5.74, 6) is 0. The fourth-order valence-corrected chi connectivity index (χ4v) is 1.86. The summed E-state index contributed by atoms with van der Waals surface area (Å²) in [5.41, 5.74) is 10.3. The van der Waals surface area contributed by atoms with Gasteiger partial charge < -0.3 is 5.73 Å². The Bertz CT molecular complexity index is 486. The molecule has 0 fully saturated rings. The molecular weight excluding hydrogens is 198 g/mol. The monoisotopic (exact) mass is 215 g/mol. The molecule has 0 radical (unpaired) electrons. The second kappa shape index (κ2) is 4.49. The van der Waals surface area contributed by atoms with Gasteiger partial charge in [-0.15, -0.1) is 0 Å². The first-order valence-electron chi connectivity index (χ1n) is 5.48. The molecule has 0 saturated heterocycles. The van der Waals surface area contributed by atoms with E-state index in [1.807, 2.05) is 23.7 Å². The smallest absolute Gasteiger partial charge is 0.0662 e. The van der Waals surface area contributed by atoms with E-state index in [0.29, 0.717) is 6.54 Å². The van der Waals surface area contributed by atoms with E-state index in [4.69, 9.17) is 5.73 Å². The Morgan fingerprint density at radius 3 is 2.56 bits per heavy atom. The van der Waals surface area contributed by atoms with Crippen LogP contribution in [0.25, 0.3) is 0 Å². The number of nitrogens with zero attached hydrogens (tertiary/aromatic N) is 2. The van der Waals surface area contributed by atoms with Crippen LogP contribution < -0.4 is 5.73 Å². The summed E-state index contributed by atoms with van der Waals surface area (Å²) in [6.45, 7) is 5.49. The van der Waals surface area contributed by atoms with Crippen molar-refractivity contribution in [3.8, 4) is 0 Å². The van der Waals surface area contributed by atoms with Gasteiger partial charge in [-0.2, -0.15) is 5.10 Å². The van der Waals surface area contributed by atoms with Crippen molar-refractivity contribution in [1.82, 2.24) is 9.78 Å². The molecule has 16 heavy (non-hydrogen) atoms. The Labute approximate surface area is 95.9 Å². The highest BCUT2D eigenvalue weighted by Gasteiger charge is 2.02. The molecule has 2 rings (SSSR count). The average molecular weight is 215 g/mol. The molecule has 0 aliphatic rings. The maximum atomic E-state index is 5.62. The maximum Gasteiger partial charge on any atom is 0.0662 e. The number of aryl methyl sites for hydroxylation is 2. The van der Waals surface area contributed by atoms with Gasteiger partial charge in [0.15, 0.2) is 0 Å². The Hall–Kier alpha value is -1.61. The largest absolute Gasteiger partial charge is 0.326 e. The van der Waals surface area contributed by atoms with Crippen LogP contribution >= 0.6 is 0 Å². The molecule has 0 bridgehead atoms. The lowest BCUT2D eigenvalue weighted by Crippen LogP contribution is -2.05. The van der Waals surface area contributed by atoms with E-state index >= 15 is 0 Å². The summed E-state index contributed by atoms with van der Waals surface area (Å²) >= 11 is 0. The van der Waals surface area contributed by atoms with Gasteiger partial charge in [0.2, 0.25) is 0 Å². The molecule has 1 aromatic heterocycles. The quantitative estimate of drug-likeness (QED) is 0.851. The molecule has 3 heteroatoms. The maximum absolute atomic E-state index is 5.62. The molecule has 0 unspecified atom stereocenters. The Balaban J connectivity index is 2.23. The lowest BCUT2D eigenvalue weighted by molar-refractivity contribution is 0.658. The summed E-state index contributed by atoms with van der Waals surface area (Å²) in [6.07, 6.45) is 0. The highest BCUT2D eigenvalue weighted by Crippen LogP contribution is 2.09. The van der Waals surface area contributed by atoms with Crippen molar-refractivity contribution in [1.29, 1.82) is 0 Å². The minimum Gasteiger partial charge on any atom is -0.326 e. The van der Waals surface area contributed by atoms with Crippen molar-refractivity contribution in [2.45, 2.75) is 26.9 Å². The van der Waals surface area contributed by atoms with E-state index in [1.165, 1.54) is 16.8 Å². The predicted molar refractivity (Wildman–Crippen MR) is 65.1 cm³/mol. The molecule has 0 saturated carbocycles. The van der Waals surface area contributed by atoms with E-state index < -0.39 is 0 Å². The number of nitrogens with two attached hydrogens (primary N) is 1. The van der Waals surface area contributed by atoms with Crippen molar-refractivity contribution in [3.05, 3.63) is 52.8 Å². The number of benzene rings is 1. The van der Waals surface area contributed by atoms with Crippen molar-refractivity contribution in [2.24, 2.45) is 5.73 Å². The first-order valence-corrected chi connectivity index (χ1v) is 5.48. The SMILES string of the molecule is Cc1cc(C)n(Cc2cccc(CN)c2)n1. The summed E-state index contributed by atoms with van der Waals surface area (Å²) in [4.78, 5) is 0. The van der Waals surface area contributed by atoms with E-state index in [9.17, 15) is 0 Å². The van der Waals surface area contributed by atoms with Gasteiger partial charge in [-0.25, -0.2) is 0 Å². The van der Waals surface area contributed by atoms with Crippen LogP contribution in [0, 0.1) is 13.8 Å².